The normalized spacial score (nSPS) is 11.2. The molecule has 0 fully saturated rings. The Morgan fingerprint density at radius 2 is 2.05 bits per heavy atom. The van der Waals surface area contributed by atoms with Gasteiger partial charge in [-0.25, -0.2) is 4.98 Å². The van der Waals surface area contributed by atoms with Gasteiger partial charge in [0, 0.05) is 27.3 Å². The average molecular weight is 351 g/mol. The van der Waals surface area contributed by atoms with Crippen LogP contribution in [0.2, 0.25) is 5.02 Å². The van der Waals surface area contributed by atoms with Crippen molar-refractivity contribution in [2.24, 2.45) is 0 Å². The molecule has 1 aromatic heterocycles. The van der Waals surface area contributed by atoms with Crippen LogP contribution in [0.5, 0.6) is 0 Å². The zero-order valence-electron chi connectivity index (χ0n) is 10.9. The first-order valence-electron chi connectivity index (χ1n) is 6.30. The molecule has 0 aliphatic rings. The summed E-state index contributed by atoms with van der Waals surface area (Å²) in [6.45, 7) is 2.91. The number of hydrogen-bond acceptors (Lipinski definition) is 2. The number of imidazole rings is 1. The number of nitrogens with two attached hydrogens (primary N) is 1. The Morgan fingerprint density at radius 3 is 2.75 bits per heavy atom. The third kappa shape index (κ3) is 2.30. The molecule has 5 heteroatoms. The molecule has 1 heterocycles. The summed E-state index contributed by atoms with van der Waals surface area (Å²) in [5.74, 6) is 0.901. The van der Waals surface area contributed by atoms with Crippen LogP contribution in [0.3, 0.4) is 0 Å². The van der Waals surface area contributed by atoms with E-state index < -0.39 is 0 Å². The molecule has 20 heavy (non-hydrogen) atoms. The van der Waals surface area contributed by atoms with Gasteiger partial charge < -0.3 is 10.3 Å². The monoisotopic (exact) mass is 349 g/mol. The molecule has 0 radical (unpaired) electrons. The maximum atomic E-state index is 6.08. The van der Waals surface area contributed by atoms with Gasteiger partial charge in [0.1, 0.15) is 5.82 Å². The topological polar surface area (TPSA) is 43.8 Å². The minimum Gasteiger partial charge on any atom is -0.399 e. The smallest absolute Gasteiger partial charge is 0.141 e. The van der Waals surface area contributed by atoms with Crippen molar-refractivity contribution in [3.05, 3.63) is 45.9 Å². The molecule has 0 unspecified atom stereocenters. The highest BCUT2D eigenvalue weighted by molar-refractivity contribution is 9.10. The number of aromatic nitrogens is 2. The summed E-state index contributed by atoms with van der Waals surface area (Å²) in [5, 5.41) is 0.715. The summed E-state index contributed by atoms with van der Waals surface area (Å²) in [4.78, 5) is 4.71. The second-order valence-electron chi connectivity index (χ2n) is 4.59. The van der Waals surface area contributed by atoms with E-state index in [1.807, 2.05) is 36.4 Å². The Morgan fingerprint density at radius 1 is 1.25 bits per heavy atom. The maximum absolute atomic E-state index is 6.08. The molecule has 3 nitrogen and oxygen atoms in total. The summed E-state index contributed by atoms with van der Waals surface area (Å²) in [6, 6.07) is 11.6. The lowest BCUT2D eigenvalue weighted by molar-refractivity contribution is 0.796. The largest absolute Gasteiger partial charge is 0.399 e. The van der Waals surface area contributed by atoms with E-state index in [0.717, 1.165) is 33.4 Å². The molecule has 0 saturated carbocycles. The molecule has 0 spiro atoms. The lowest BCUT2D eigenvalue weighted by Gasteiger charge is -2.07. The van der Waals surface area contributed by atoms with Crippen LogP contribution >= 0.6 is 27.5 Å². The van der Waals surface area contributed by atoms with Crippen molar-refractivity contribution in [3.63, 3.8) is 0 Å². The van der Waals surface area contributed by atoms with Gasteiger partial charge in [0.15, 0.2) is 0 Å². The number of fused-ring (bicyclic) bond motifs is 1. The van der Waals surface area contributed by atoms with Crippen molar-refractivity contribution in [1.82, 2.24) is 9.55 Å². The van der Waals surface area contributed by atoms with Crippen molar-refractivity contribution in [2.45, 2.75) is 13.5 Å². The molecule has 102 valence electrons. The highest BCUT2D eigenvalue weighted by Crippen LogP contribution is 2.30. The maximum Gasteiger partial charge on any atom is 0.141 e. The zero-order valence-corrected chi connectivity index (χ0v) is 13.2. The number of rotatable bonds is 2. The minimum atomic E-state index is 0.710. The Bertz CT molecular complexity index is 775. The molecule has 3 aromatic rings. The van der Waals surface area contributed by atoms with Gasteiger partial charge in [0.25, 0.3) is 0 Å². The molecule has 0 atom stereocenters. The molecule has 0 amide bonds. The number of aryl methyl sites for hydroxylation is 1. The van der Waals surface area contributed by atoms with Crippen molar-refractivity contribution in [2.75, 3.05) is 5.73 Å². The molecule has 0 aliphatic carbocycles. The SMILES string of the molecule is CCn1c(-c2cc(N)cc(Br)c2)nc2ccc(Cl)cc21. The summed E-state index contributed by atoms with van der Waals surface area (Å²) >= 11 is 9.56. The van der Waals surface area contributed by atoms with E-state index in [2.05, 4.69) is 27.4 Å². The van der Waals surface area contributed by atoms with E-state index in [9.17, 15) is 0 Å². The predicted octanol–water partition coefficient (Wildman–Crippen LogP) is 4.72. The fourth-order valence-corrected chi connectivity index (χ4v) is 3.06. The van der Waals surface area contributed by atoms with Crippen molar-refractivity contribution < 1.29 is 0 Å². The molecule has 0 aliphatic heterocycles. The summed E-state index contributed by atoms with van der Waals surface area (Å²) in [5.41, 5.74) is 9.59. The van der Waals surface area contributed by atoms with Gasteiger partial charge in [-0.05, 0) is 43.3 Å². The van der Waals surface area contributed by atoms with Gasteiger partial charge >= 0.3 is 0 Å². The van der Waals surface area contributed by atoms with E-state index >= 15 is 0 Å². The lowest BCUT2D eigenvalue weighted by Crippen LogP contribution is -1.98. The lowest BCUT2D eigenvalue weighted by atomic mass is 10.2. The minimum absolute atomic E-state index is 0.710. The molecular weight excluding hydrogens is 338 g/mol. The first-order valence-corrected chi connectivity index (χ1v) is 7.48. The standard InChI is InChI=1S/C15H13BrClN3/c1-2-20-14-8-11(17)3-4-13(14)19-15(20)9-5-10(16)7-12(18)6-9/h3-8H,2,18H2,1H3. The molecule has 0 saturated heterocycles. The predicted molar refractivity (Wildman–Crippen MR) is 88.0 cm³/mol. The first kappa shape index (κ1) is 13.5. The summed E-state index contributed by atoms with van der Waals surface area (Å²) < 4.78 is 3.09. The second-order valence-corrected chi connectivity index (χ2v) is 5.94. The Hall–Kier alpha value is -1.52. The molecular formula is C15H13BrClN3. The average Bonchev–Trinajstić information content (AvgIpc) is 2.75. The Labute approximate surface area is 130 Å². The van der Waals surface area contributed by atoms with Crippen LogP contribution < -0.4 is 5.73 Å². The fourth-order valence-electron chi connectivity index (χ4n) is 2.38. The van der Waals surface area contributed by atoms with Gasteiger partial charge in [0.05, 0.1) is 11.0 Å². The quantitative estimate of drug-likeness (QED) is 0.680. The van der Waals surface area contributed by atoms with E-state index in [-0.39, 0.29) is 0 Å². The van der Waals surface area contributed by atoms with Crippen LogP contribution in [-0.2, 0) is 6.54 Å². The first-order chi connectivity index (χ1) is 9.58. The van der Waals surface area contributed by atoms with Gasteiger partial charge in [-0.3, -0.25) is 0 Å². The van der Waals surface area contributed by atoms with Gasteiger partial charge in [0.2, 0.25) is 0 Å². The number of halogens is 2. The number of hydrogen-bond donors (Lipinski definition) is 1. The van der Waals surface area contributed by atoms with Crippen LogP contribution in [0.1, 0.15) is 6.92 Å². The van der Waals surface area contributed by atoms with Crippen molar-refractivity contribution >= 4 is 44.3 Å². The fraction of sp³-hybridized carbons (Fsp3) is 0.133. The molecule has 3 rings (SSSR count). The number of nitrogens with zero attached hydrogens (tertiary/aromatic N) is 2. The van der Waals surface area contributed by atoms with Crippen molar-refractivity contribution in [3.8, 4) is 11.4 Å². The third-order valence-corrected chi connectivity index (χ3v) is 3.90. The van der Waals surface area contributed by atoms with E-state index in [1.165, 1.54) is 0 Å². The molecule has 2 aromatic carbocycles. The Balaban J connectivity index is 2.30. The molecule has 2 N–H and O–H groups in total. The summed E-state index contributed by atoms with van der Waals surface area (Å²) in [7, 11) is 0. The highest BCUT2D eigenvalue weighted by atomic mass is 79.9. The van der Waals surface area contributed by atoms with E-state index in [0.29, 0.717) is 10.7 Å². The van der Waals surface area contributed by atoms with Gasteiger partial charge in [-0.15, -0.1) is 0 Å². The van der Waals surface area contributed by atoms with E-state index in [1.54, 1.807) is 0 Å². The molecule has 0 bridgehead atoms. The number of benzene rings is 2. The van der Waals surface area contributed by atoms with Crippen LogP contribution in [0, 0.1) is 0 Å². The second kappa shape index (κ2) is 5.11. The number of nitrogen functional groups attached to an aromatic ring is 1. The van der Waals surface area contributed by atoms with Crippen LogP contribution in [0.25, 0.3) is 22.4 Å². The highest BCUT2D eigenvalue weighted by Gasteiger charge is 2.12. The van der Waals surface area contributed by atoms with Gasteiger partial charge in [-0.1, -0.05) is 27.5 Å². The van der Waals surface area contributed by atoms with E-state index in [4.69, 9.17) is 22.3 Å². The van der Waals surface area contributed by atoms with Crippen LogP contribution in [-0.4, -0.2) is 9.55 Å². The number of anilines is 1. The summed E-state index contributed by atoms with van der Waals surface area (Å²) in [6.07, 6.45) is 0. The van der Waals surface area contributed by atoms with Gasteiger partial charge in [-0.2, -0.15) is 0 Å². The van der Waals surface area contributed by atoms with Crippen LogP contribution in [0.4, 0.5) is 5.69 Å². The van der Waals surface area contributed by atoms with Crippen molar-refractivity contribution in [1.29, 1.82) is 0 Å². The van der Waals surface area contributed by atoms with Crippen LogP contribution in [0.15, 0.2) is 40.9 Å². The Kier molecular flexibility index (Phi) is 3.44. The third-order valence-electron chi connectivity index (χ3n) is 3.20. The zero-order chi connectivity index (χ0) is 14.3.